The third kappa shape index (κ3) is 1.14. The number of hydrogen-bond acceptors (Lipinski definition) is 3. The zero-order valence-electron chi connectivity index (χ0n) is 7.99. The minimum absolute atomic E-state index is 0.0110. The van der Waals surface area contributed by atoms with Gasteiger partial charge in [-0.25, -0.2) is 5.10 Å². The second kappa shape index (κ2) is 2.83. The van der Waals surface area contributed by atoms with Crippen LogP contribution in [-0.2, 0) is 0 Å². The highest BCUT2D eigenvalue weighted by molar-refractivity contribution is 5.55. The lowest BCUT2D eigenvalue weighted by molar-refractivity contribution is 0.611. The number of aromatic nitrogens is 2. The normalized spacial score (nSPS) is 20.7. The van der Waals surface area contributed by atoms with E-state index in [0.29, 0.717) is 5.92 Å². The van der Waals surface area contributed by atoms with Crippen molar-refractivity contribution in [2.75, 3.05) is 18.0 Å². The Labute approximate surface area is 81.9 Å². The molecule has 0 radical (unpaired) electrons. The summed E-state index contributed by atoms with van der Waals surface area (Å²) in [6.07, 6.45) is 5.35. The summed E-state index contributed by atoms with van der Waals surface area (Å²) in [5, 5.41) is 6.41. The van der Waals surface area contributed by atoms with Gasteiger partial charge >= 0.3 is 0 Å². The molecule has 1 aromatic heterocycles. The lowest BCUT2D eigenvalue weighted by Crippen LogP contribution is -2.39. The summed E-state index contributed by atoms with van der Waals surface area (Å²) in [6.45, 7) is 2.15. The molecule has 1 aliphatic carbocycles. The maximum absolute atomic E-state index is 11.6. The summed E-state index contributed by atoms with van der Waals surface area (Å²) in [5.74, 6) is 0.498. The maximum Gasteiger partial charge on any atom is 0.269 e. The minimum Gasteiger partial charge on any atom is -0.370 e. The summed E-state index contributed by atoms with van der Waals surface area (Å²) < 4.78 is 0. The lowest BCUT2D eigenvalue weighted by atomic mass is 10.1. The van der Waals surface area contributed by atoms with Crippen molar-refractivity contribution in [3.8, 4) is 0 Å². The van der Waals surface area contributed by atoms with Crippen LogP contribution >= 0.6 is 0 Å². The van der Waals surface area contributed by atoms with Crippen molar-refractivity contribution in [3.63, 3.8) is 0 Å². The van der Waals surface area contributed by atoms with E-state index in [1.165, 1.54) is 6.42 Å². The fourth-order valence-corrected chi connectivity index (χ4v) is 1.97. The molecule has 1 saturated carbocycles. The molecule has 1 saturated heterocycles. The summed E-state index contributed by atoms with van der Waals surface area (Å²) in [5.41, 5.74) is 2.05. The van der Waals surface area contributed by atoms with Gasteiger partial charge in [-0.1, -0.05) is 0 Å². The van der Waals surface area contributed by atoms with E-state index in [-0.39, 0.29) is 5.56 Å². The van der Waals surface area contributed by atoms with Crippen LogP contribution in [0.25, 0.3) is 0 Å². The number of nitrogens with zero attached hydrogens (tertiary/aromatic N) is 2. The van der Waals surface area contributed by atoms with Crippen molar-refractivity contribution in [1.29, 1.82) is 0 Å². The van der Waals surface area contributed by atoms with Crippen LogP contribution in [0.3, 0.4) is 0 Å². The fourth-order valence-electron chi connectivity index (χ4n) is 1.97. The maximum atomic E-state index is 11.6. The molecule has 4 nitrogen and oxygen atoms in total. The topological polar surface area (TPSA) is 49.0 Å². The molecular weight excluding hydrogens is 178 g/mol. The Morgan fingerprint density at radius 2 is 2.21 bits per heavy atom. The van der Waals surface area contributed by atoms with Crippen molar-refractivity contribution >= 4 is 5.69 Å². The van der Waals surface area contributed by atoms with Crippen molar-refractivity contribution < 1.29 is 0 Å². The van der Waals surface area contributed by atoms with Crippen LogP contribution in [0.15, 0.2) is 11.0 Å². The van der Waals surface area contributed by atoms with Crippen LogP contribution in [0, 0.1) is 0 Å². The fraction of sp³-hybridized carbons (Fsp3) is 0.600. The van der Waals surface area contributed by atoms with E-state index in [1.54, 1.807) is 6.20 Å². The Bertz CT molecular complexity index is 404. The van der Waals surface area contributed by atoms with Gasteiger partial charge in [0.2, 0.25) is 0 Å². The van der Waals surface area contributed by atoms with Gasteiger partial charge in [0.25, 0.3) is 5.56 Å². The molecule has 4 heteroatoms. The molecule has 0 aromatic carbocycles. The third-order valence-electron chi connectivity index (χ3n) is 3.06. The molecule has 1 aromatic rings. The van der Waals surface area contributed by atoms with Gasteiger partial charge in [0.15, 0.2) is 0 Å². The van der Waals surface area contributed by atoms with Gasteiger partial charge in [0, 0.05) is 18.7 Å². The lowest BCUT2D eigenvalue weighted by Gasteiger charge is -2.34. The van der Waals surface area contributed by atoms with Gasteiger partial charge in [0.1, 0.15) is 0 Å². The van der Waals surface area contributed by atoms with Crippen LogP contribution in [0.2, 0.25) is 0 Å². The molecule has 0 spiro atoms. The van der Waals surface area contributed by atoms with Gasteiger partial charge in [-0.05, 0) is 25.2 Å². The first-order valence-corrected chi connectivity index (χ1v) is 5.19. The summed E-state index contributed by atoms with van der Waals surface area (Å²) in [7, 11) is 0. The molecule has 1 N–H and O–H groups in total. The Hall–Kier alpha value is -1.32. The second-order valence-corrected chi connectivity index (χ2v) is 4.11. The van der Waals surface area contributed by atoms with Crippen molar-refractivity contribution in [2.24, 2.45) is 0 Å². The van der Waals surface area contributed by atoms with E-state index >= 15 is 0 Å². The van der Waals surface area contributed by atoms with Gasteiger partial charge in [-0.2, -0.15) is 5.10 Å². The van der Waals surface area contributed by atoms with Gasteiger partial charge in [-0.3, -0.25) is 4.79 Å². The SMILES string of the molecule is O=c1[nH]ncc(N2CCC2)c1C1CC1. The number of nitrogens with one attached hydrogen (secondary N) is 1. The minimum atomic E-state index is 0.0110. The average molecular weight is 191 g/mol. The van der Waals surface area contributed by atoms with Crippen LogP contribution in [0.1, 0.15) is 30.7 Å². The molecule has 1 aliphatic heterocycles. The Morgan fingerprint density at radius 3 is 2.79 bits per heavy atom. The highest BCUT2D eigenvalue weighted by Crippen LogP contribution is 2.42. The van der Waals surface area contributed by atoms with Crippen LogP contribution in [0.4, 0.5) is 5.69 Å². The number of anilines is 1. The second-order valence-electron chi connectivity index (χ2n) is 4.11. The predicted octanol–water partition coefficient (Wildman–Crippen LogP) is 0.857. The zero-order valence-corrected chi connectivity index (χ0v) is 7.99. The molecule has 14 heavy (non-hydrogen) atoms. The van der Waals surface area contributed by atoms with E-state index < -0.39 is 0 Å². The summed E-state index contributed by atoms with van der Waals surface area (Å²) in [6, 6.07) is 0. The Morgan fingerprint density at radius 1 is 1.43 bits per heavy atom. The Kier molecular flexibility index (Phi) is 1.63. The molecule has 0 amide bonds. The number of hydrogen-bond donors (Lipinski definition) is 1. The Balaban J connectivity index is 2.07. The van der Waals surface area contributed by atoms with E-state index in [2.05, 4.69) is 15.1 Å². The first kappa shape index (κ1) is 8.03. The van der Waals surface area contributed by atoms with E-state index in [0.717, 1.165) is 37.2 Å². The van der Waals surface area contributed by atoms with E-state index in [1.807, 2.05) is 0 Å². The largest absolute Gasteiger partial charge is 0.370 e. The number of aromatic amines is 1. The van der Waals surface area contributed by atoms with Crippen molar-refractivity contribution in [2.45, 2.75) is 25.2 Å². The molecule has 2 aliphatic rings. The summed E-state index contributed by atoms with van der Waals surface area (Å²) >= 11 is 0. The van der Waals surface area contributed by atoms with Crippen molar-refractivity contribution in [1.82, 2.24) is 10.2 Å². The standard InChI is InChI=1S/C10H13N3O/c14-10-9(7-2-3-7)8(6-11-12-10)13-4-1-5-13/h6-7H,1-5H2,(H,12,14). The molecule has 2 heterocycles. The van der Waals surface area contributed by atoms with Crippen LogP contribution in [0.5, 0.6) is 0 Å². The highest BCUT2D eigenvalue weighted by Gasteiger charge is 2.31. The first-order valence-electron chi connectivity index (χ1n) is 5.19. The van der Waals surface area contributed by atoms with Gasteiger partial charge in [-0.15, -0.1) is 0 Å². The highest BCUT2D eigenvalue weighted by atomic mass is 16.1. The zero-order chi connectivity index (χ0) is 9.54. The van der Waals surface area contributed by atoms with Gasteiger partial charge < -0.3 is 4.90 Å². The summed E-state index contributed by atoms with van der Waals surface area (Å²) in [4.78, 5) is 13.9. The molecule has 2 fully saturated rings. The molecule has 0 atom stereocenters. The smallest absolute Gasteiger partial charge is 0.269 e. The van der Waals surface area contributed by atoms with Gasteiger partial charge in [0.05, 0.1) is 11.9 Å². The van der Waals surface area contributed by atoms with E-state index in [9.17, 15) is 4.79 Å². The molecule has 74 valence electrons. The monoisotopic (exact) mass is 191 g/mol. The first-order chi connectivity index (χ1) is 6.86. The van der Waals surface area contributed by atoms with Crippen LogP contribution < -0.4 is 10.5 Å². The number of H-pyrrole nitrogens is 1. The van der Waals surface area contributed by atoms with Crippen LogP contribution in [-0.4, -0.2) is 23.3 Å². The average Bonchev–Trinajstić information content (AvgIpc) is 2.84. The molecule has 0 bridgehead atoms. The quantitative estimate of drug-likeness (QED) is 0.754. The molecule has 0 unspecified atom stereocenters. The number of rotatable bonds is 2. The van der Waals surface area contributed by atoms with E-state index in [4.69, 9.17) is 0 Å². The predicted molar refractivity (Wildman–Crippen MR) is 53.7 cm³/mol. The van der Waals surface area contributed by atoms with Crippen molar-refractivity contribution in [3.05, 3.63) is 22.1 Å². The molecular formula is C10H13N3O. The third-order valence-corrected chi connectivity index (χ3v) is 3.06. The molecule has 3 rings (SSSR count).